The standard InChI is InChI=1S/C16H22O8/c1-6(2)4-16-5-8(13(19)20)7(12(17)18)3-9(16)10(14(21)22)11(16)15(23)24/h6-11H,3-5H2,1-2H3,(H,17,18)(H,19,20)(H,21,22)(H,23,24). The van der Waals surface area contributed by atoms with Crippen LogP contribution in [0.15, 0.2) is 0 Å². The molecule has 6 atom stereocenters. The van der Waals surface area contributed by atoms with Gasteiger partial charge in [0.05, 0.1) is 23.7 Å². The lowest BCUT2D eigenvalue weighted by molar-refractivity contribution is -0.219. The van der Waals surface area contributed by atoms with Crippen LogP contribution in [0.2, 0.25) is 0 Å². The van der Waals surface area contributed by atoms with Crippen LogP contribution in [0.4, 0.5) is 0 Å². The first kappa shape index (κ1) is 18.2. The number of carboxylic acids is 4. The molecule has 0 aromatic rings. The van der Waals surface area contributed by atoms with Crippen LogP contribution in [-0.4, -0.2) is 44.3 Å². The van der Waals surface area contributed by atoms with E-state index < -0.39 is 58.9 Å². The van der Waals surface area contributed by atoms with Crippen molar-refractivity contribution < 1.29 is 39.6 Å². The van der Waals surface area contributed by atoms with E-state index in [4.69, 9.17) is 0 Å². The van der Waals surface area contributed by atoms with E-state index in [9.17, 15) is 39.6 Å². The van der Waals surface area contributed by atoms with E-state index in [0.29, 0.717) is 6.42 Å². The molecular formula is C16H22O8. The number of carbonyl (C=O) groups is 4. The summed E-state index contributed by atoms with van der Waals surface area (Å²) in [5.41, 5.74) is -0.974. The van der Waals surface area contributed by atoms with Crippen LogP contribution in [0, 0.1) is 40.9 Å². The second-order valence-corrected chi connectivity index (χ2v) is 7.45. The van der Waals surface area contributed by atoms with Crippen molar-refractivity contribution in [3.8, 4) is 0 Å². The minimum Gasteiger partial charge on any atom is -0.481 e. The third-order valence-electron chi connectivity index (χ3n) is 5.72. The molecule has 2 aliphatic carbocycles. The first-order chi connectivity index (χ1) is 11.0. The van der Waals surface area contributed by atoms with Crippen LogP contribution in [-0.2, 0) is 19.2 Å². The van der Waals surface area contributed by atoms with Crippen LogP contribution in [0.25, 0.3) is 0 Å². The molecule has 4 N–H and O–H groups in total. The Balaban J connectivity index is 2.49. The van der Waals surface area contributed by atoms with Crippen LogP contribution in [0.1, 0.15) is 33.1 Å². The molecule has 0 saturated heterocycles. The summed E-state index contributed by atoms with van der Waals surface area (Å²) in [6.07, 6.45) is 0.150. The van der Waals surface area contributed by atoms with Gasteiger partial charge in [-0.2, -0.15) is 0 Å². The van der Waals surface area contributed by atoms with Crippen molar-refractivity contribution in [3.63, 3.8) is 0 Å². The molecule has 24 heavy (non-hydrogen) atoms. The Morgan fingerprint density at radius 3 is 1.83 bits per heavy atom. The Bertz CT molecular complexity index is 571. The molecule has 0 aliphatic heterocycles. The lowest BCUT2D eigenvalue weighted by Crippen LogP contribution is -2.67. The van der Waals surface area contributed by atoms with E-state index in [1.165, 1.54) is 0 Å². The molecule has 0 spiro atoms. The van der Waals surface area contributed by atoms with Gasteiger partial charge >= 0.3 is 23.9 Å². The van der Waals surface area contributed by atoms with Gasteiger partial charge in [-0.3, -0.25) is 19.2 Å². The quantitative estimate of drug-likeness (QED) is 0.563. The van der Waals surface area contributed by atoms with Crippen molar-refractivity contribution in [2.75, 3.05) is 0 Å². The molecular weight excluding hydrogens is 320 g/mol. The van der Waals surface area contributed by atoms with Crippen LogP contribution < -0.4 is 0 Å². The molecule has 0 aromatic carbocycles. The molecule has 0 radical (unpaired) electrons. The SMILES string of the molecule is CC(C)CC12CC(C(=O)O)C(C(=O)O)CC1C(C(=O)O)C2C(=O)O. The predicted molar refractivity (Wildman–Crippen MR) is 79.1 cm³/mol. The molecule has 0 bridgehead atoms. The first-order valence-electron chi connectivity index (χ1n) is 7.94. The van der Waals surface area contributed by atoms with Crippen LogP contribution >= 0.6 is 0 Å². The molecule has 2 saturated carbocycles. The van der Waals surface area contributed by atoms with Crippen molar-refractivity contribution in [1.82, 2.24) is 0 Å². The van der Waals surface area contributed by atoms with E-state index in [1.54, 1.807) is 0 Å². The van der Waals surface area contributed by atoms with Gasteiger partial charge in [-0.25, -0.2) is 0 Å². The van der Waals surface area contributed by atoms with Crippen molar-refractivity contribution in [3.05, 3.63) is 0 Å². The lowest BCUT2D eigenvalue weighted by Gasteiger charge is -2.63. The van der Waals surface area contributed by atoms with Gasteiger partial charge in [-0.15, -0.1) is 0 Å². The van der Waals surface area contributed by atoms with E-state index in [1.807, 2.05) is 13.8 Å². The van der Waals surface area contributed by atoms with E-state index in [2.05, 4.69) is 0 Å². The zero-order valence-electron chi connectivity index (χ0n) is 13.5. The molecule has 0 aromatic heterocycles. The van der Waals surface area contributed by atoms with Crippen molar-refractivity contribution in [2.45, 2.75) is 33.1 Å². The van der Waals surface area contributed by atoms with Gasteiger partial charge in [-0.05, 0) is 36.5 Å². The molecule has 0 amide bonds. The second-order valence-electron chi connectivity index (χ2n) is 7.45. The minimum atomic E-state index is -1.27. The van der Waals surface area contributed by atoms with Crippen LogP contribution in [0.5, 0.6) is 0 Å². The summed E-state index contributed by atoms with van der Waals surface area (Å²) in [6.45, 7) is 3.72. The average Bonchev–Trinajstić information content (AvgIpc) is 2.39. The fourth-order valence-electron chi connectivity index (χ4n) is 5.08. The van der Waals surface area contributed by atoms with Crippen molar-refractivity contribution in [2.24, 2.45) is 40.9 Å². The molecule has 0 heterocycles. The third kappa shape index (κ3) is 2.63. The van der Waals surface area contributed by atoms with Gasteiger partial charge in [-0.1, -0.05) is 13.8 Å². The highest BCUT2D eigenvalue weighted by Crippen LogP contribution is 2.67. The summed E-state index contributed by atoms with van der Waals surface area (Å²) in [5, 5.41) is 37.7. The van der Waals surface area contributed by atoms with Gasteiger partial charge in [0.25, 0.3) is 0 Å². The fraction of sp³-hybridized carbons (Fsp3) is 0.750. The molecule has 134 valence electrons. The van der Waals surface area contributed by atoms with E-state index in [-0.39, 0.29) is 18.8 Å². The Morgan fingerprint density at radius 2 is 1.46 bits per heavy atom. The lowest BCUT2D eigenvalue weighted by atomic mass is 9.38. The Hall–Kier alpha value is -2.12. The zero-order valence-corrected chi connectivity index (χ0v) is 13.5. The normalized spacial score (nSPS) is 38.0. The van der Waals surface area contributed by atoms with Gasteiger partial charge in [0.15, 0.2) is 0 Å². The molecule has 2 fully saturated rings. The third-order valence-corrected chi connectivity index (χ3v) is 5.72. The van der Waals surface area contributed by atoms with Gasteiger partial charge in [0.2, 0.25) is 0 Å². The average molecular weight is 342 g/mol. The van der Waals surface area contributed by atoms with Gasteiger partial charge in [0.1, 0.15) is 0 Å². The maximum absolute atomic E-state index is 11.7. The number of hydrogen-bond acceptors (Lipinski definition) is 4. The minimum absolute atomic E-state index is 0.0416. The summed E-state index contributed by atoms with van der Waals surface area (Å²) in [5.74, 6) is -10.4. The highest BCUT2D eigenvalue weighted by molar-refractivity contribution is 5.86. The second kappa shape index (κ2) is 6.07. The number of aliphatic carboxylic acids is 4. The molecule has 6 unspecified atom stereocenters. The van der Waals surface area contributed by atoms with Crippen LogP contribution in [0.3, 0.4) is 0 Å². The maximum Gasteiger partial charge on any atom is 0.307 e. The first-order valence-corrected chi connectivity index (χ1v) is 7.94. The smallest absolute Gasteiger partial charge is 0.307 e. The Kier molecular flexibility index (Phi) is 4.61. The molecule has 2 rings (SSSR count). The highest BCUT2D eigenvalue weighted by Gasteiger charge is 2.70. The summed E-state index contributed by atoms with van der Waals surface area (Å²) < 4.78 is 0. The van der Waals surface area contributed by atoms with E-state index in [0.717, 1.165) is 0 Å². The molecule has 8 nitrogen and oxygen atoms in total. The highest BCUT2D eigenvalue weighted by atomic mass is 16.4. The predicted octanol–water partition coefficient (Wildman–Crippen LogP) is 1.25. The van der Waals surface area contributed by atoms with Crippen molar-refractivity contribution in [1.29, 1.82) is 0 Å². The van der Waals surface area contributed by atoms with E-state index >= 15 is 0 Å². The Labute approximate surface area is 138 Å². The number of carboxylic acid groups (broad SMARTS) is 4. The number of rotatable bonds is 6. The maximum atomic E-state index is 11.7. The number of fused-ring (bicyclic) bond motifs is 1. The summed E-state index contributed by atoms with van der Waals surface area (Å²) in [6, 6.07) is 0. The van der Waals surface area contributed by atoms with Gasteiger partial charge in [0, 0.05) is 0 Å². The summed E-state index contributed by atoms with van der Waals surface area (Å²) in [7, 11) is 0. The molecule has 8 heteroatoms. The molecule has 2 aliphatic rings. The Morgan fingerprint density at radius 1 is 0.917 bits per heavy atom. The summed E-state index contributed by atoms with van der Waals surface area (Å²) in [4.78, 5) is 46.2. The van der Waals surface area contributed by atoms with Crippen molar-refractivity contribution >= 4 is 23.9 Å². The van der Waals surface area contributed by atoms with Gasteiger partial charge < -0.3 is 20.4 Å². The summed E-state index contributed by atoms with van der Waals surface area (Å²) >= 11 is 0. The largest absolute Gasteiger partial charge is 0.481 e. The topological polar surface area (TPSA) is 149 Å². The zero-order chi connectivity index (χ0) is 18.4. The monoisotopic (exact) mass is 342 g/mol. The fourth-order valence-corrected chi connectivity index (χ4v) is 5.08. The number of hydrogen-bond donors (Lipinski definition) is 4.